The summed E-state index contributed by atoms with van der Waals surface area (Å²) in [7, 11) is 0. The predicted octanol–water partition coefficient (Wildman–Crippen LogP) is 1.18. The van der Waals surface area contributed by atoms with Gasteiger partial charge >= 0.3 is 0 Å². The first-order valence-electron chi connectivity index (χ1n) is 5.65. The molecular weight excluding hydrogens is 250 g/mol. The van der Waals surface area contributed by atoms with Crippen molar-refractivity contribution in [1.29, 1.82) is 0 Å². The number of hydrogen-bond acceptors (Lipinski definition) is 6. The third-order valence-electron chi connectivity index (χ3n) is 2.22. The first-order chi connectivity index (χ1) is 8.83. The number of rotatable bonds is 6. The van der Waals surface area contributed by atoms with Crippen molar-refractivity contribution in [1.82, 2.24) is 19.9 Å². The van der Waals surface area contributed by atoms with Gasteiger partial charge in [-0.2, -0.15) is 0 Å². The Hall–Kier alpha value is -1.60. The predicted molar refractivity (Wildman–Crippen MR) is 70.6 cm³/mol. The second kappa shape index (κ2) is 6.36. The van der Waals surface area contributed by atoms with Crippen molar-refractivity contribution < 1.29 is 4.74 Å². The average molecular weight is 265 g/mol. The van der Waals surface area contributed by atoms with Crippen LogP contribution in [0.2, 0.25) is 0 Å². The smallest absolute Gasteiger partial charge is 0.210 e. The van der Waals surface area contributed by atoms with Crippen LogP contribution >= 0.6 is 11.8 Å². The molecule has 0 saturated heterocycles. The highest BCUT2D eigenvalue weighted by Crippen LogP contribution is 2.19. The van der Waals surface area contributed by atoms with E-state index in [1.807, 2.05) is 25.1 Å². The van der Waals surface area contributed by atoms with Crippen LogP contribution in [0.5, 0.6) is 0 Å². The van der Waals surface area contributed by atoms with Gasteiger partial charge in [-0.25, -0.2) is 4.68 Å². The van der Waals surface area contributed by atoms with Gasteiger partial charge in [-0.1, -0.05) is 17.8 Å². The monoisotopic (exact) mass is 265 g/mol. The van der Waals surface area contributed by atoms with E-state index in [-0.39, 0.29) is 0 Å². The Labute approximate surface area is 110 Å². The van der Waals surface area contributed by atoms with Crippen molar-refractivity contribution >= 4 is 11.8 Å². The van der Waals surface area contributed by atoms with E-state index in [1.165, 1.54) is 16.4 Å². The summed E-state index contributed by atoms with van der Waals surface area (Å²) in [6, 6.07) is 5.58. The van der Waals surface area contributed by atoms with Crippen molar-refractivity contribution in [2.24, 2.45) is 0 Å². The fourth-order valence-electron chi connectivity index (χ4n) is 1.38. The Kier molecular flexibility index (Phi) is 4.54. The van der Waals surface area contributed by atoms with Crippen LogP contribution in [-0.4, -0.2) is 38.8 Å². The molecule has 2 aromatic rings. The summed E-state index contributed by atoms with van der Waals surface area (Å²) in [4.78, 5) is 4.20. The van der Waals surface area contributed by atoms with Gasteiger partial charge in [0.05, 0.1) is 6.61 Å². The maximum Gasteiger partial charge on any atom is 0.210 e. The largest absolute Gasteiger partial charge is 0.381 e. The quantitative estimate of drug-likeness (QED) is 0.480. The van der Waals surface area contributed by atoms with Gasteiger partial charge in [0, 0.05) is 18.6 Å². The van der Waals surface area contributed by atoms with Gasteiger partial charge in [-0.15, -0.1) is 10.2 Å². The van der Waals surface area contributed by atoms with Crippen molar-refractivity contribution in [3.8, 4) is 11.5 Å². The molecule has 0 aliphatic heterocycles. The van der Waals surface area contributed by atoms with E-state index < -0.39 is 0 Å². The van der Waals surface area contributed by atoms with Gasteiger partial charge in [-0.05, 0) is 19.1 Å². The number of pyridine rings is 1. The SMILES string of the molecule is CCOCCSc1nnc(-c2ccccn2)n1N. The van der Waals surface area contributed by atoms with Crippen LogP contribution in [0.3, 0.4) is 0 Å². The van der Waals surface area contributed by atoms with Crippen LogP contribution in [0.1, 0.15) is 6.92 Å². The molecule has 0 bridgehead atoms. The fourth-order valence-corrected chi connectivity index (χ4v) is 2.09. The van der Waals surface area contributed by atoms with Crippen molar-refractivity contribution in [2.75, 3.05) is 24.8 Å². The van der Waals surface area contributed by atoms with E-state index in [0.29, 0.717) is 23.3 Å². The third kappa shape index (κ3) is 2.99. The van der Waals surface area contributed by atoms with Crippen LogP contribution in [0.25, 0.3) is 11.5 Å². The molecule has 0 spiro atoms. The Morgan fingerprint density at radius 3 is 3.00 bits per heavy atom. The third-order valence-corrected chi connectivity index (χ3v) is 3.13. The molecule has 2 heterocycles. The Bertz CT molecular complexity index is 487. The van der Waals surface area contributed by atoms with Gasteiger partial charge in [0.25, 0.3) is 0 Å². The van der Waals surface area contributed by atoms with E-state index >= 15 is 0 Å². The number of nitrogens with zero attached hydrogens (tertiary/aromatic N) is 4. The van der Waals surface area contributed by atoms with Gasteiger partial charge < -0.3 is 10.6 Å². The highest BCUT2D eigenvalue weighted by atomic mass is 32.2. The first kappa shape index (κ1) is 12.8. The lowest BCUT2D eigenvalue weighted by atomic mass is 10.3. The molecule has 0 aliphatic carbocycles. The van der Waals surface area contributed by atoms with Gasteiger partial charge in [0.15, 0.2) is 0 Å². The molecule has 2 rings (SSSR count). The van der Waals surface area contributed by atoms with Crippen molar-refractivity contribution in [3.63, 3.8) is 0 Å². The molecule has 0 aliphatic rings. The molecule has 2 N–H and O–H groups in total. The number of nitrogen functional groups attached to an aromatic ring is 1. The zero-order valence-corrected chi connectivity index (χ0v) is 10.9. The zero-order chi connectivity index (χ0) is 12.8. The summed E-state index contributed by atoms with van der Waals surface area (Å²) >= 11 is 1.51. The molecule has 18 heavy (non-hydrogen) atoms. The molecule has 0 amide bonds. The topological polar surface area (TPSA) is 78.9 Å². The zero-order valence-electron chi connectivity index (χ0n) is 10.1. The Balaban J connectivity index is 2.05. The molecule has 0 unspecified atom stereocenters. The summed E-state index contributed by atoms with van der Waals surface area (Å²) in [5.74, 6) is 7.30. The highest BCUT2D eigenvalue weighted by Gasteiger charge is 2.12. The van der Waals surface area contributed by atoms with E-state index in [1.54, 1.807) is 6.20 Å². The molecule has 0 aromatic carbocycles. The Morgan fingerprint density at radius 2 is 2.28 bits per heavy atom. The lowest BCUT2D eigenvalue weighted by Crippen LogP contribution is -2.12. The molecule has 96 valence electrons. The molecule has 2 aromatic heterocycles. The number of aromatic nitrogens is 4. The second-order valence-electron chi connectivity index (χ2n) is 3.44. The lowest BCUT2D eigenvalue weighted by Gasteiger charge is -2.03. The minimum Gasteiger partial charge on any atom is -0.381 e. The number of thioether (sulfide) groups is 1. The van der Waals surface area contributed by atoms with Crippen LogP contribution in [0.15, 0.2) is 29.6 Å². The molecule has 0 atom stereocenters. The van der Waals surface area contributed by atoms with Crippen LogP contribution in [0.4, 0.5) is 0 Å². The summed E-state index contributed by atoms with van der Waals surface area (Å²) in [6.07, 6.45) is 1.70. The molecular formula is C11H15N5OS. The maximum atomic E-state index is 5.94. The lowest BCUT2D eigenvalue weighted by molar-refractivity contribution is 0.164. The summed E-state index contributed by atoms with van der Waals surface area (Å²) < 4.78 is 6.71. The molecule has 7 heteroatoms. The van der Waals surface area contributed by atoms with Crippen molar-refractivity contribution in [2.45, 2.75) is 12.1 Å². The van der Waals surface area contributed by atoms with Crippen molar-refractivity contribution in [3.05, 3.63) is 24.4 Å². The molecule has 0 saturated carbocycles. The minimum atomic E-state index is 0.564. The van der Waals surface area contributed by atoms with Gasteiger partial charge in [0.1, 0.15) is 5.69 Å². The maximum absolute atomic E-state index is 5.94. The highest BCUT2D eigenvalue weighted by molar-refractivity contribution is 7.99. The van der Waals surface area contributed by atoms with E-state index in [2.05, 4.69) is 15.2 Å². The van der Waals surface area contributed by atoms with E-state index in [9.17, 15) is 0 Å². The standard InChI is InChI=1S/C11H15N5OS/c1-2-17-7-8-18-11-15-14-10(16(11)12)9-5-3-4-6-13-9/h3-6H,2,7-8,12H2,1H3. The van der Waals surface area contributed by atoms with Crippen LogP contribution in [-0.2, 0) is 4.74 Å². The summed E-state index contributed by atoms with van der Waals surface area (Å²) in [6.45, 7) is 3.36. The number of ether oxygens (including phenoxy) is 1. The van der Waals surface area contributed by atoms with E-state index in [4.69, 9.17) is 10.6 Å². The molecule has 0 radical (unpaired) electrons. The average Bonchev–Trinajstić information content (AvgIpc) is 2.77. The second-order valence-corrected chi connectivity index (χ2v) is 4.50. The van der Waals surface area contributed by atoms with Crippen LogP contribution < -0.4 is 5.84 Å². The first-order valence-corrected chi connectivity index (χ1v) is 6.64. The molecule has 0 fully saturated rings. The number of hydrogen-bond donors (Lipinski definition) is 1. The molecule has 6 nitrogen and oxygen atoms in total. The van der Waals surface area contributed by atoms with E-state index in [0.717, 1.165) is 12.4 Å². The fraction of sp³-hybridized carbons (Fsp3) is 0.364. The van der Waals surface area contributed by atoms with Gasteiger partial charge in [-0.3, -0.25) is 4.98 Å². The summed E-state index contributed by atoms with van der Waals surface area (Å²) in [5.41, 5.74) is 0.712. The summed E-state index contributed by atoms with van der Waals surface area (Å²) in [5, 5.41) is 8.76. The van der Waals surface area contributed by atoms with Crippen LogP contribution in [0, 0.1) is 0 Å². The minimum absolute atomic E-state index is 0.564. The number of nitrogens with two attached hydrogens (primary N) is 1. The van der Waals surface area contributed by atoms with Gasteiger partial charge in [0.2, 0.25) is 11.0 Å². The Morgan fingerprint density at radius 1 is 1.39 bits per heavy atom. The normalized spacial score (nSPS) is 10.7.